The van der Waals surface area contributed by atoms with E-state index in [1.165, 1.54) is 24.8 Å². The molecule has 0 saturated carbocycles. The Kier molecular flexibility index (Phi) is 11.3. The first-order valence-electron chi connectivity index (χ1n) is 11.8. The fourth-order valence-corrected chi connectivity index (χ4v) is 3.45. The summed E-state index contributed by atoms with van der Waals surface area (Å²) in [7, 11) is 0. The van der Waals surface area contributed by atoms with Gasteiger partial charge < -0.3 is 14.6 Å². The number of aryl methyl sites for hydroxylation is 1. The molecule has 2 aromatic rings. The van der Waals surface area contributed by atoms with Crippen LogP contribution in [0.25, 0.3) is 11.1 Å². The quantitative estimate of drug-likeness (QED) is 0.228. The van der Waals surface area contributed by atoms with Crippen LogP contribution in [-0.2, 0) is 31.9 Å². The third-order valence-corrected chi connectivity index (χ3v) is 5.56. The molecule has 0 saturated heterocycles. The lowest BCUT2D eigenvalue weighted by molar-refractivity contribution is -0.144. The second-order valence-corrected chi connectivity index (χ2v) is 8.66. The Morgan fingerprint density at radius 2 is 1.38 bits per heavy atom. The molecule has 0 heterocycles. The summed E-state index contributed by atoms with van der Waals surface area (Å²) in [5.41, 5.74) is 4.98. The van der Waals surface area contributed by atoms with Crippen LogP contribution in [0, 0.1) is 5.92 Å². The highest BCUT2D eigenvalue weighted by Crippen LogP contribution is 2.22. The number of ether oxygens (including phenoxy) is 2. The minimum Gasteiger partial charge on any atom is -0.462 e. The van der Waals surface area contributed by atoms with Gasteiger partial charge in [-0.05, 0) is 48.4 Å². The molecule has 2 aromatic carbocycles. The largest absolute Gasteiger partial charge is 0.462 e. The Hall–Kier alpha value is -3.18. The van der Waals surface area contributed by atoms with E-state index in [1.54, 1.807) is 6.92 Å². The maximum atomic E-state index is 11.9. The summed E-state index contributed by atoms with van der Waals surface area (Å²) in [6.07, 6.45) is 5.37. The number of benzene rings is 2. The summed E-state index contributed by atoms with van der Waals surface area (Å²) in [6, 6.07) is 16.9. The van der Waals surface area contributed by atoms with Crippen LogP contribution >= 0.6 is 0 Å². The number of aliphatic hydroxyl groups excluding tert-OH is 1. The predicted molar refractivity (Wildman–Crippen MR) is 135 cm³/mol. The van der Waals surface area contributed by atoms with E-state index in [4.69, 9.17) is 14.6 Å². The highest BCUT2D eigenvalue weighted by molar-refractivity contribution is 5.88. The van der Waals surface area contributed by atoms with Crippen LogP contribution in [0.5, 0.6) is 0 Å². The predicted octanol–water partition coefficient (Wildman–Crippen LogP) is 5.46. The van der Waals surface area contributed by atoms with E-state index < -0.39 is 18.5 Å². The number of hydrogen-bond acceptors (Lipinski definition) is 5. The highest BCUT2D eigenvalue weighted by atomic mass is 16.5. The Labute approximate surface area is 203 Å². The second-order valence-electron chi connectivity index (χ2n) is 8.66. The van der Waals surface area contributed by atoms with Crippen molar-refractivity contribution in [2.24, 2.45) is 5.92 Å². The van der Waals surface area contributed by atoms with Crippen molar-refractivity contribution in [1.29, 1.82) is 0 Å². The van der Waals surface area contributed by atoms with Crippen LogP contribution in [0.3, 0.4) is 0 Å². The number of carbonyl (C=O) groups excluding carboxylic acids is 2. The van der Waals surface area contributed by atoms with Gasteiger partial charge >= 0.3 is 11.9 Å². The molecule has 5 heteroatoms. The average Bonchev–Trinajstić information content (AvgIpc) is 2.85. The van der Waals surface area contributed by atoms with Gasteiger partial charge in [0.1, 0.15) is 0 Å². The third-order valence-electron chi connectivity index (χ3n) is 5.56. The van der Waals surface area contributed by atoms with Crippen molar-refractivity contribution in [2.45, 2.75) is 46.0 Å². The van der Waals surface area contributed by atoms with Crippen molar-refractivity contribution in [3.05, 3.63) is 84.0 Å². The number of aliphatic hydroxyl groups is 1. The van der Waals surface area contributed by atoms with E-state index in [0.29, 0.717) is 12.0 Å². The lowest BCUT2D eigenvalue weighted by Crippen LogP contribution is -2.24. The molecule has 0 fully saturated rings. The Morgan fingerprint density at radius 3 is 1.88 bits per heavy atom. The number of unbranched alkanes of at least 4 members (excludes halogenated alkanes) is 2. The molecule has 0 aliphatic rings. The molecule has 1 atom stereocenters. The van der Waals surface area contributed by atoms with Gasteiger partial charge in [0.25, 0.3) is 0 Å². The smallest absolute Gasteiger partial charge is 0.335 e. The van der Waals surface area contributed by atoms with Gasteiger partial charge in [-0.1, -0.05) is 81.5 Å². The summed E-state index contributed by atoms with van der Waals surface area (Å²) < 4.78 is 10.5. The molecule has 0 radical (unpaired) electrons. The zero-order valence-corrected chi connectivity index (χ0v) is 20.3. The van der Waals surface area contributed by atoms with Gasteiger partial charge in [-0.25, -0.2) is 9.59 Å². The van der Waals surface area contributed by atoms with Gasteiger partial charge in [0.15, 0.2) is 0 Å². The zero-order chi connectivity index (χ0) is 24.9. The number of hydrogen-bond donors (Lipinski definition) is 1. The van der Waals surface area contributed by atoms with Crippen molar-refractivity contribution in [1.82, 2.24) is 0 Å². The third kappa shape index (κ3) is 8.99. The van der Waals surface area contributed by atoms with E-state index in [-0.39, 0.29) is 24.7 Å². The molecule has 0 aromatic heterocycles. The Morgan fingerprint density at radius 1 is 0.853 bits per heavy atom. The molecule has 0 spiro atoms. The van der Waals surface area contributed by atoms with Gasteiger partial charge in [-0.3, -0.25) is 0 Å². The first-order valence-corrected chi connectivity index (χ1v) is 11.8. The van der Waals surface area contributed by atoms with Crippen LogP contribution in [-0.4, -0.2) is 36.9 Å². The first kappa shape index (κ1) is 27.1. The lowest BCUT2D eigenvalue weighted by atomic mass is 9.97. The van der Waals surface area contributed by atoms with Crippen molar-refractivity contribution in [3.63, 3.8) is 0 Å². The molecule has 0 aliphatic heterocycles. The minimum absolute atomic E-state index is 0.0154. The molecule has 5 nitrogen and oxygen atoms in total. The summed E-state index contributed by atoms with van der Waals surface area (Å²) in [6.45, 7) is 10.5. The SMILES string of the molecule is C=C(C)C(=O)OCC(COC(=O)C(=C)CO)Cc1ccc(-c2ccc(CCCCC)cc2)cc1. The molecule has 0 aliphatic carbocycles. The average molecular weight is 465 g/mol. The number of carbonyl (C=O) groups is 2. The fraction of sp³-hybridized carbons (Fsp3) is 0.379. The van der Waals surface area contributed by atoms with Crippen molar-refractivity contribution in [3.8, 4) is 11.1 Å². The van der Waals surface area contributed by atoms with E-state index in [9.17, 15) is 9.59 Å². The van der Waals surface area contributed by atoms with E-state index in [2.05, 4.69) is 56.5 Å². The Bertz CT molecular complexity index is 957. The maximum absolute atomic E-state index is 11.9. The first-order chi connectivity index (χ1) is 16.3. The van der Waals surface area contributed by atoms with Gasteiger partial charge in [-0.15, -0.1) is 0 Å². The van der Waals surface area contributed by atoms with Crippen molar-refractivity contribution in [2.75, 3.05) is 19.8 Å². The summed E-state index contributed by atoms with van der Waals surface area (Å²) in [5, 5.41) is 9.05. The molecule has 1 N–H and O–H groups in total. The second kappa shape index (κ2) is 14.2. The molecular formula is C29H36O5. The van der Waals surface area contributed by atoms with E-state index in [1.807, 2.05) is 12.1 Å². The van der Waals surface area contributed by atoms with Gasteiger partial charge in [-0.2, -0.15) is 0 Å². The molecule has 0 bridgehead atoms. The minimum atomic E-state index is -0.660. The summed E-state index contributed by atoms with van der Waals surface area (Å²) in [5.74, 6) is -1.39. The van der Waals surface area contributed by atoms with Crippen molar-refractivity contribution >= 4 is 11.9 Å². The molecule has 2 rings (SSSR count). The molecule has 0 amide bonds. The lowest BCUT2D eigenvalue weighted by Gasteiger charge is -2.18. The van der Waals surface area contributed by atoms with Crippen LogP contribution in [0.4, 0.5) is 0 Å². The van der Waals surface area contributed by atoms with Gasteiger partial charge in [0, 0.05) is 11.5 Å². The Balaban J connectivity index is 2.02. The van der Waals surface area contributed by atoms with Crippen LogP contribution in [0.1, 0.15) is 44.2 Å². The monoisotopic (exact) mass is 464 g/mol. The van der Waals surface area contributed by atoms with Gasteiger partial charge in [0.05, 0.1) is 25.4 Å². The molecular weight excluding hydrogens is 428 g/mol. The van der Waals surface area contributed by atoms with Crippen LogP contribution in [0.15, 0.2) is 72.8 Å². The zero-order valence-electron chi connectivity index (χ0n) is 20.3. The standard InChI is InChI=1S/C29H36O5/c1-5-6-7-8-23-9-13-26(14-10-23)27-15-11-24(12-16-27)17-25(19-33-28(31)21(2)3)20-34-29(32)22(4)18-30/h9-16,25,30H,2,4-8,17-20H2,1,3H3. The maximum Gasteiger partial charge on any atom is 0.335 e. The number of esters is 2. The summed E-state index contributed by atoms with van der Waals surface area (Å²) in [4.78, 5) is 23.7. The van der Waals surface area contributed by atoms with Gasteiger partial charge in [0.2, 0.25) is 0 Å². The molecule has 34 heavy (non-hydrogen) atoms. The number of rotatable bonds is 14. The fourth-order valence-electron chi connectivity index (χ4n) is 3.45. The van der Waals surface area contributed by atoms with Crippen LogP contribution < -0.4 is 0 Å². The summed E-state index contributed by atoms with van der Waals surface area (Å²) >= 11 is 0. The molecule has 182 valence electrons. The van der Waals surface area contributed by atoms with Crippen LogP contribution in [0.2, 0.25) is 0 Å². The van der Waals surface area contributed by atoms with E-state index in [0.717, 1.165) is 23.1 Å². The van der Waals surface area contributed by atoms with Crippen molar-refractivity contribution < 1.29 is 24.2 Å². The molecule has 1 unspecified atom stereocenters. The van der Waals surface area contributed by atoms with E-state index >= 15 is 0 Å². The highest BCUT2D eigenvalue weighted by Gasteiger charge is 2.17. The topological polar surface area (TPSA) is 72.8 Å². The normalized spacial score (nSPS) is 11.5.